The average molecular weight is 494 g/mol. The lowest BCUT2D eigenvalue weighted by atomic mass is 10.2. The zero-order valence-electron chi connectivity index (χ0n) is 17.1. The van der Waals surface area contributed by atoms with Crippen LogP contribution in [0.4, 0.5) is 11.4 Å². The highest BCUT2D eigenvalue weighted by molar-refractivity contribution is 7.17. The molecule has 1 fully saturated rings. The van der Waals surface area contributed by atoms with E-state index in [0.29, 0.717) is 45.7 Å². The summed E-state index contributed by atoms with van der Waals surface area (Å²) in [5.74, 6) is 0.431. The molecule has 4 rings (SSSR count). The number of aliphatic hydroxyl groups excluding tert-OH is 2. The summed E-state index contributed by atoms with van der Waals surface area (Å²) in [5.41, 5.74) is 2.71. The van der Waals surface area contributed by atoms with Gasteiger partial charge in [0.15, 0.2) is 0 Å². The van der Waals surface area contributed by atoms with Crippen molar-refractivity contribution in [3.8, 4) is 16.3 Å². The second kappa shape index (κ2) is 9.64. The summed E-state index contributed by atoms with van der Waals surface area (Å²) in [6.45, 7) is 0.609. The van der Waals surface area contributed by atoms with Crippen LogP contribution >= 0.6 is 34.5 Å². The summed E-state index contributed by atoms with van der Waals surface area (Å²) >= 11 is 13.3. The molecule has 1 aliphatic heterocycles. The van der Waals surface area contributed by atoms with Crippen molar-refractivity contribution in [2.24, 2.45) is 0 Å². The summed E-state index contributed by atoms with van der Waals surface area (Å²) in [4.78, 5) is 20.5. The molecule has 1 saturated heterocycles. The molecule has 3 heterocycles. The van der Waals surface area contributed by atoms with E-state index in [1.54, 1.807) is 36.5 Å². The van der Waals surface area contributed by atoms with Crippen LogP contribution in [0, 0.1) is 0 Å². The van der Waals surface area contributed by atoms with Crippen LogP contribution in [0.2, 0.25) is 5.02 Å². The zero-order chi connectivity index (χ0) is 22.8. The number of carbonyl (C=O) groups is 1. The van der Waals surface area contributed by atoms with Gasteiger partial charge < -0.3 is 25.2 Å². The van der Waals surface area contributed by atoms with E-state index in [9.17, 15) is 15.0 Å². The van der Waals surface area contributed by atoms with E-state index in [-0.39, 0.29) is 11.8 Å². The van der Waals surface area contributed by atoms with Crippen molar-refractivity contribution >= 4 is 51.8 Å². The molecule has 168 valence electrons. The molecule has 1 amide bonds. The maximum atomic E-state index is 13.0. The fourth-order valence-electron chi connectivity index (χ4n) is 3.54. The molecular formula is C22H21Cl2N3O4S. The number of nitrogens with one attached hydrogen (secondary N) is 1. The van der Waals surface area contributed by atoms with Crippen LogP contribution < -0.4 is 15.0 Å². The normalized spacial score (nSPS) is 18.1. The number of anilines is 2. The van der Waals surface area contributed by atoms with Crippen molar-refractivity contribution in [2.75, 3.05) is 30.4 Å². The highest BCUT2D eigenvalue weighted by Crippen LogP contribution is 2.35. The summed E-state index contributed by atoms with van der Waals surface area (Å²) < 4.78 is 5.48. The number of ether oxygens (including phenoxy) is 1. The Kier molecular flexibility index (Phi) is 6.88. The van der Waals surface area contributed by atoms with Crippen molar-refractivity contribution in [3.63, 3.8) is 0 Å². The maximum absolute atomic E-state index is 13.0. The number of halogens is 2. The first kappa shape index (κ1) is 22.8. The number of thiophene rings is 1. The molecule has 3 aromatic rings. The van der Waals surface area contributed by atoms with E-state index < -0.39 is 12.2 Å². The van der Waals surface area contributed by atoms with E-state index in [1.807, 2.05) is 11.0 Å². The zero-order valence-corrected chi connectivity index (χ0v) is 19.4. The summed E-state index contributed by atoms with van der Waals surface area (Å²) in [6, 6.07) is 10.7. The number of methoxy groups -OCH3 is 1. The van der Waals surface area contributed by atoms with Crippen LogP contribution in [0.5, 0.6) is 5.75 Å². The summed E-state index contributed by atoms with van der Waals surface area (Å²) in [7, 11) is 1.53. The second-order valence-electron chi connectivity index (χ2n) is 7.34. The summed E-state index contributed by atoms with van der Waals surface area (Å²) in [5, 5.41) is 23.1. The number of aromatic nitrogens is 1. The molecule has 3 N–H and O–H groups in total. The van der Waals surface area contributed by atoms with Gasteiger partial charge in [-0.1, -0.05) is 11.6 Å². The van der Waals surface area contributed by atoms with Gasteiger partial charge in [-0.2, -0.15) is 0 Å². The molecule has 0 spiro atoms. The SMILES string of the molecule is COc1cc(NC(=O)c2sc(-c3ccc(Cl)cn3)cc2CCl)ccc1N1CC(O)C(O)C1. The highest BCUT2D eigenvalue weighted by Gasteiger charge is 2.31. The molecule has 1 aliphatic rings. The van der Waals surface area contributed by atoms with Gasteiger partial charge in [-0.25, -0.2) is 0 Å². The summed E-state index contributed by atoms with van der Waals surface area (Å²) in [6.07, 6.45) is -0.0597. The standard InChI is InChI=1S/C22H21Cl2N3O4S/c1-31-19-7-14(3-5-16(19)27-10-17(28)18(29)11-27)26-22(30)21-12(8-23)6-20(32-21)15-4-2-13(24)9-25-15/h2-7,9,17-18,28-29H,8,10-11H2,1H3,(H,26,30). The Morgan fingerprint density at radius 1 is 1.25 bits per heavy atom. The van der Waals surface area contributed by atoms with Gasteiger partial charge in [-0.3, -0.25) is 9.78 Å². The van der Waals surface area contributed by atoms with Crippen molar-refractivity contribution in [1.82, 2.24) is 4.98 Å². The predicted octanol–water partition coefficient (Wildman–Crippen LogP) is 4.01. The first-order valence-corrected chi connectivity index (χ1v) is 11.5. The topological polar surface area (TPSA) is 94.9 Å². The number of benzene rings is 1. The highest BCUT2D eigenvalue weighted by atomic mass is 35.5. The van der Waals surface area contributed by atoms with Gasteiger partial charge in [0.25, 0.3) is 5.91 Å². The quantitative estimate of drug-likeness (QED) is 0.449. The van der Waals surface area contributed by atoms with Gasteiger partial charge in [-0.05, 0) is 35.9 Å². The van der Waals surface area contributed by atoms with Gasteiger partial charge in [0.1, 0.15) is 5.75 Å². The average Bonchev–Trinajstić information content (AvgIpc) is 3.37. The number of pyridine rings is 1. The van der Waals surface area contributed by atoms with Crippen molar-refractivity contribution in [1.29, 1.82) is 0 Å². The number of rotatable bonds is 6. The largest absolute Gasteiger partial charge is 0.495 e. The van der Waals surface area contributed by atoms with Gasteiger partial charge >= 0.3 is 0 Å². The minimum atomic E-state index is -0.809. The molecule has 2 aromatic heterocycles. The van der Waals surface area contributed by atoms with E-state index in [0.717, 1.165) is 10.6 Å². The molecule has 0 radical (unpaired) electrons. The van der Waals surface area contributed by atoms with Gasteiger partial charge in [0, 0.05) is 36.9 Å². The molecule has 10 heteroatoms. The number of β-amino-alcohol motifs (C(OH)–C–C–N with tert-alkyl or cyclic N) is 2. The molecule has 32 heavy (non-hydrogen) atoms. The number of hydrogen-bond acceptors (Lipinski definition) is 7. The number of nitrogens with zero attached hydrogens (tertiary/aromatic N) is 2. The van der Waals surface area contributed by atoms with Crippen LogP contribution in [-0.4, -0.2) is 53.5 Å². The first-order chi connectivity index (χ1) is 15.4. The Balaban J connectivity index is 1.55. The Morgan fingerprint density at radius 3 is 2.62 bits per heavy atom. The Bertz CT molecular complexity index is 1110. The third-order valence-corrected chi connectivity index (χ3v) is 6.89. The molecule has 0 bridgehead atoms. The third-order valence-electron chi connectivity index (χ3n) is 5.18. The molecule has 2 atom stereocenters. The first-order valence-electron chi connectivity index (χ1n) is 9.80. The Hall–Kier alpha value is -2.36. The molecule has 2 unspecified atom stereocenters. The van der Waals surface area contributed by atoms with E-state index in [2.05, 4.69) is 10.3 Å². The third kappa shape index (κ3) is 4.69. The van der Waals surface area contributed by atoms with Gasteiger partial charge in [-0.15, -0.1) is 22.9 Å². The number of aliphatic hydroxyl groups is 2. The number of amides is 1. The fourth-order valence-corrected chi connectivity index (χ4v) is 4.99. The van der Waals surface area contributed by atoms with E-state index in [4.69, 9.17) is 27.9 Å². The minimum absolute atomic E-state index is 0.189. The van der Waals surface area contributed by atoms with Crippen LogP contribution in [-0.2, 0) is 5.88 Å². The molecule has 0 saturated carbocycles. The van der Waals surface area contributed by atoms with Crippen LogP contribution in [0.25, 0.3) is 10.6 Å². The Labute approximate surface area is 199 Å². The minimum Gasteiger partial charge on any atom is -0.495 e. The second-order valence-corrected chi connectivity index (χ2v) is 9.10. The van der Waals surface area contributed by atoms with Crippen LogP contribution in [0.1, 0.15) is 15.2 Å². The maximum Gasteiger partial charge on any atom is 0.266 e. The number of hydrogen-bond donors (Lipinski definition) is 3. The number of alkyl halides is 1. The lowest BCUT2D eigenvalue weighted by Gasteiger charge is -2.21. The lowest BCUT2D eigenvalue weighted by molar-refractivity contribution is 0.0572. The monoisotopic (exact) mass is 493 g/mol. The van der Waals surface area contributed by atoms with Crippen molar-refractivity contribution < 1.29 is 19.7 Å². The Morgan fingerprint density at radius 2 is 2.00 bits per heavy atom. The van der Waals surface area contributed by atoms with Gasteiger partial charge in [0.05, 0.1) is 45.5 Å². The predicted molar refractivity (Wildman–Crippen MR) is 127 cm³/mol. The van der Waals surface area contributed by atoms with Crippen LogP contribution in [0.3, 0.4) is 0 Å². The fraction of sp³-hybridized carbons (Fsp3) is 0.273. The molecule has 0 aliphatic carbocycles. The van der Waals surface area contributed by atoms with E-state index in [1.165, 1.54) is 18.4 Å². The number of carbonyl (C=O) groups excluding carboxylic acids is 1. The molecule has 7 nitrogen and oxygen atoms in total. The van der Waals surface area contributed by atoms with E-state index >= 15 is 0 Å². The van der Waals surface area contributed by atoms with Crippen molar-refractivity contribution in [3.05, 3.63) is 58.1 Å². The van der Waals surface area contributed by atoms with Crippen molar-refractivity contribution in [2.45, 2.75) is 18.1 Å². The van der Waals surface area contributed by atoms with Crippen LogP contribution in [0.15, 0.2) is 42.6 Å². The lowest BCUT2D eigenvalue weighted by Crippen LogP contribution is -2.22. The smallest absolute Gasteiger partial charge is 0.266 e. The molecule has 1 aromatic carbocycles. The van der Waals surface area contributed by atoms with Gasteiger partial charge in [0.2, 0.25) is 0 Å². The molecular weight excluding hydrogens is 473 g/mol.